The Balaban J connectivity index is 1.16. The van der Waals surface area contributed by atoms with E-state index in [0.717, 1.165) is 50.0 Å². The normalized spacial score (nSPS) is 44.8. The van der Waals surface area contributed by atoms with Gasteiger partial charge < -0.3 is 4.74 Å². The number of piperidine rings is 1. The summed E-state index contributed by atoms with van der Waals surface area (Å²) in [4.78, 5) is 15.0. The van der Waals surface area contributed by atoms with Crippen molar-refractivity contribution in [3.63, 3.8) is 0 Å². The number of benzene rings is 1. The van der Waals surface area contributed by atoms with Crippen molar-refractivity contribution in [2.45, 2.75) is 110 Å². The summed E-state index contributed by atoms with van der Waals surface area (Å²) < 4.78 is 7.29. The van der Waals surface area contributed by atoms with E-state index in [1.165, 1.54) is 49.8 Å². The summed E-state index contributed by atoms with van der Waals surface area (Å²) in [6.45, 7) is 12.1. The molecule has 0 N–H and O–H groups in total. The SMILES string of the molecule is CC1=C2C[C@H]3[C@@H](CCC4=CC(=O)CC[C@@]43C)[C@@H]2CC[C@@]2(C1)O[C@@H]1C[C@H](C)CN(Cc3ccccc3)C1[C@H]2C. The number of allylic oxidation sites excluding steroid dienone is 3. The predicted molar refractivity (Wildman–Crippen MR) is 152 cm³/mol. The lowest BCUT2D eigenvalue weighted by Gasteiger charge is -2.48. The molecule has 4 aliphatic carbocycles. The van der Waals surface area contributed by atoms with Crippen molar-refractivity contribution in [2.24, 2.45) is 35.0 Å². The lowest BCUT2D eigenvalue weighted by molar-refractivity contribution is -0.116. The Morgan fingerprint density at radius 2 is 1.89 bits per heavy atom. The van der Waals surface area contributed by atoms with E-state index in [1.54, 1.807) is 11.1 Å². The van der Waals surface area contributed by atoms with E-state index in [-0.39, 0.29) is 11.0 Å². The quantitative estimate of drug-likeness (QED) is 0.383. The minimum atomic E-state index is -0.00780. The lowest BCUT2D eigenvalue weighted by atomic mass is 9.56. The monoisotopic (exact) mass is 513 g/mol. The summed E-state index contributed by atoms with van der Waals surface area (Å²) in [5, 5.41) is 0. The number of carbonyl (C=O) groups excluding carboxylic acids is 1. The van der Waals surface area contributed by atoms with Crippen LogP contribution in [0.15, 0.2) is 53.1 Å². The average molecular weight is 514 g/mol. The highest BCUT2D eigenvalue weighted by atomic mass is 16.5. The van der Waals surface area contributed by atoms with Crippen LogP contribution in [0.2, 0.25) is 0 Å². The van der Waals surface area contributed by atoms with Gasteiger partial charge in [0.2, 0.25) is 0 Å². The Morgan fingerprint density at radius 1 is 1.08 bits per heavy atom. The zero-order valence-corrected chi connectivity index (χ0v) is 24.0. The van der Waals surface area contributed by atoms with Crippen LogP contribution in [-0.2, 0) is 16.1 Å². The first-order chi connectivity index (χ1) is 18.3. The van der Waals surface area contributed by atoms with Gasteiger partial charge in [0.15, 0.2) is 5.78 Å². The molecule has 0 bridgehead atoms. The van der Waals surface area contributed by atoms with Crippen LogP contribution in [0.5, 0.6) is 0 Å². The molecule has 9 atom stereocenters. The second-order valence-corrected chi connectivity index (χ2v) is 14.5. The number of ether oxygens (including phenoxy) is 1. The topological polar surface area (TPSA) is 29.5 Å². The number of hydrogen-bond acceptors (Lipinski definition) is 3. The van der Waals surface area contributed by atoms with Gasteiger partial charge in [0.05, 0.1) is 11.7 Å². The third-order valence-corrected chi connectivity index (χ3v) is 12.4. The van der Waals surface area contributed by atoms with Gasteiger partial charge in [0.1, 0.15) is 0 Å². The summed E-state index contributed by atoms with van der Waals surface area (Å²) >= 11 is 0. The maximum absolute atomic E-state index is 12.2. The van der Waals surface area contributed by atoms with Crippen LogP contribution in [-0.4, -0.2) is 35.0 Å². The molecule has 1 spiro atoms. The first-order valence-electron chi connectivity index (χ1n) is 15.7. The average Bonchev–Trinajstić information content (AvgIpc) is 3.35. The second kappa shape index (κ2) is 9.16. The van der Waals surface area contributed by atoms with Gasteiger partial charge in [-0.3, -0.25) is 9.69 Å². The minimum absolute atomic E-state index is 0.00780. The highest BCUT2D eigenvalue weighted by Gasteiger charge is 2.59. The molecule has 204 valence electrons. The third kappa shape index (κ3) is 3.85. The second-order valence-electron chi connectivity index (χ2n) is 14.5. The summed E-state index contributed by atoms with van der Waals surface area (Å²) in [7, 11) is 0. The van der Waals surface area contributed by atoms with Gasteiger partial charge in [0, 0.05) is 31.5 Å². The zero-order valence-electron chi connectivity index (χ0n) is 24.0. The predicted octanol–water partition coefficient (Wildman–Crippen LogP) is 7.51. The number of ketones is 1. The van der Waals surface area contributed by atoms with E-state index in [9.17, 15) is 4.79 Å². The van der Waals surface area contributed by atoms with Crippen LogP contribution in [0.4, 0.5) is 0 Å². The van der Waals surface area contributed by atoms with Crippen LogP contribution in [0.1, 0.15) is 91.0 Å². The van der Waals surface area contributed by atoms with Crippen molar-refractivity contribution in [3.8, 4) is 0 Å². The van der Waals surface area contributed by atoms with Crippen molar-refractivity contribution in [3.05, 3.63) is 58.7 Å². The molecule has 2 heterocycles. The number of likely N-dealkylation sites (tertiary alicyclic amines) is 1. The number of rotatable bonds is 2. The van der Waals surface area contributed by atoms with Crippen LogP contribution in [0.25, 0.3) is 0 Å². The molecule has 1 aromatic carbocycles. The molecule has 0 radical (unpaired) electrons. The maximum Gasteiger partial charge on any atom is 0.155 e. The van der Waals surface area contributed by atoms with Crippen LogP contribution in [0.3, 0.4) is 0 Å². The molecular formula is C35H47NO2. The molecule has 1 aromatic rings. The number of fused-ring (bicyclic) bond motifs is 6. The molecule has 2 saturated carbocycles. The fraction of sp³-hybridized carbons (Fsp3) is 0.686. The first-order valence-corrected chi connectivity index (χ1v) is 15.7. The summed E-state index contributed by atoms with van der Waals surface area (Å²) in [6, 6.07) is 11.6. The molecule has 4 fully saturated rings. The van der Waals surface area contributed by atoms with Crippen molar-refractivity contribution in [2.75, 3.05) is 6.54 Å². The van der Waals surface area contributed by atoms with Crippen molar-refractivity contribution < 1.29 is 9.53 Å². The van der Waals surface area contributed by atoms with Gasteiger partial charge in [-0.05, 0) is 99.0 Å². The number of carbonyl (C=O) groups is 1. The van der Waals surface area contributed by atoms with E-state index in [1.807, 2.05) is 6.08 Å². The van der Waals surface area contributed by atoms with E-state index in [4.69, 9.17) is 4.74 Å². The minimum Gasteiger partial charge on any atom is -0.369 e. The molecule has 0 aromatic heterocycles. The van der Waals surface area contributed by atoms with Gasteiger partial charge in [0.25, 0.3) is 0 Å². The molecule has 38 heavy (non-hydrogen) atoms. The van der Waals surface area contributed by atoms with E-state index >= 15 is 0 Å². The Kier molecular flexibility index (Phi) is 6.09. The number of nitrogens with zero attached hydrogens (tertiary/aromatic N) is 1. The summed E-state index contributed by atoms with van der Waals surface area (Å²) in [5.41, 5.74) is 6.58. The Morgan fingerprint density at radius 3 is 2.71 bits per heavy atom. The third-order valence-electron chi connectivity index (χ3n) is 12.4. The molecule has 3 heteroatoms. The highest BCUT2D eigenvalue weighted by molar-refractivity contribution is 5.91. The van der Waals surface area contributed by atoms with Crippen molar-refractivity contribution in [1.82, 2.24) is 4.90 Å². The fourth-order valence-corrected chi connectivity index (χ4v) is 10.5. The Bertz CT molecular complexity index is 1170. The zero-order chi connectivity index (χ0) is 26.2. The Labute approximate surface area is 230 Å². The number of hydrogen-bond donors (Lipinski definition) is 0. The summed E-state index contributed by atoms with van der Waals surface area (Å²) in [6.07, 6.45) is 12.7. The van der Waals surface area contributed by atoms with Gasteiger partial charge in [-0.2, -0.15) is 0 Å². The molecule has 0 amide bonds. The first kappa shape index (κ1) is 25.3. The molecule has 1 unspecified atom stereocenters. The maximum atomic E-state index is 12.2. The summed E-state index contributed by atoms with van der Waals surface area (Å²) in [5.74, 6) is 3.85. The van der Waals surface area contributed by atoms with Gasteiger partial charge in [-0.1, -0.05) is 67.8 Å². The standard InChI is InChI=1S/C35H47NO2/c1-22-16-32-33(36(20-22)21-25-8-6-5-7-9-25)24(3)35(38-32)15-13-28-29-11-10-26-17-27(37)12-14-34(26,4)31(29)18-30(28)23(2)19-35/h5-9,17,22,24,28-29,31-33H,10-16,18-21H2,1-4H3/t22-,24+,28-,29-,31-,32+,33?,34-,35-/m0/s1. The molecule has 3 nitrogen and oxygen atoms in total. The van der Waals surface area contributed by atoms with Crippen LogP contribution >= 0.6 is 0 Å². The largest absolute Gasteiger partial charge is 0.369 e. The lowest BCUT2D eigenvalue weighted by Crippen LogP contribution is -2.51. The molecular weight excluding hydrogens is 466 g/mol. The molecule has 2 saturated heterocycles. The molecule has 6 aliphatic rings. The van der Waals surface area contributed by atoms with Crippen LogP contribution < -0.4 is 0 Å². The van der Waals surface area contributed by atoms with Gasteiger partial charge >= 0.3 is 0 Å². The van der Waals surface area contributed by atoms with Gasteiger partial charge in [-0.15, -0.1) is 0 Å². The van der Waals surface area contributed by atoms with E-state index in [0.29, 0.717) is 29.8 Å². The smallest absolute Gasteiger partial charge is 0.155 e. The van der Waals surface area contributed by atoms with E-state index in [2.05, 4.69) is 62.9 Å². The van der Waals surface area contributed by atoms with Crippen LogP contribution in [0, 0.1) is 35.0 Å². The molecule has 2 aliphatic heterocycles. The Hall–Kier alpha value is -1.71. The fourth-order valence-electron chi connectivity index (χ4n) is 10.5. The van der Waals surface area contributed by atoms with E-state index < -0.39 is 0 Å². The molecule has 7 rings (SSSR count). The highest BCUT2D eigenvalue weighted by Crippen LogP contribution is 2.64. The van der Waals surface area contributed by atoms with Gasteiger partial charge in [-0.25, -0.2) is 0 Å². The van der Waals surface area contributed by atoms with Crippen molar-refractivity contribution in [1.29, 1.82) is 0 Å². The van der Waals surface area contributed by atoms with Crippen molar-refractivity contribution >= 4 is 5.78 Å².